The summed E-state index contributed by atoms with van der Waals surface area (Å²) >= 11 is 11.4. The summed E-state index contributed by atoms with van der Waals surface area (Å²) < 4.78 is 13.2. The van der Waals surface area contributed by atoms with Gasteiger partial charge in [-0.2, -0.15) is 0 Å². The van der Waals surface area contributed by atoms with E-state index >= 15 is 0 Å². The third kappa shape index (κ3) is 3.30. The summed E-state index contributed by atoms with van der Waals surface area (Å²) in [4.78, 5) is 15.9. The number of nitrogens with zero attached hydrogens (tertiary/aromatic N) is 2. The number of rotatable bonds is 4. The summed E-state index contributed by atoms with van der Waals surface area (Å²) in [6.07, 6.45) is 1.63. The van der Waals surface area contributed by atoms with Crippen LogP contribution < -0.4 is 10.4 Å². The Morgan fingerprint density at radius 1 is 1.30 bits per heavy atom. The van der Waals surface area contributed by atoms with E-state index in [9.17, 15) is 9.18 Å². The number of carbonyl (C=O) groups is 1. The van der Waals surface area contributed by atoms with Gasteiger partial charge in [0.05, 0.1) is 28.8 Å². The Morgan fingerprint density at radius 2 is 2.13 bits per heavy atom. The highest BCUT2D eigenvalue weighted by Crippen LogP contribution is 2.27. The first-order chi connectivity index (χ1) is 11.1. The molecule has 0 amide bonds. The second-order valence-corrected chi connectivity index (χ2v) is 5.64. The van der Waals surface area contributed by atoms with Gasteiger partial charge in [-0.15, -0.1) is 11.6 Å². The molecule has 0 saturated heterocycles. The van der Waals surface area contributed by atoms with Gasteiger partial charge < -0.3 is 0 Å². The van der Waals surface area contributed by atoms with Crippen molar-refractivity contribution in [3.05, 3.63) is 58.4 Å². The first kappa shape index (κ1) is 15.8. The smallest absolute Gasteiger partial charge is 0.177 e. The average Bonchev–Trinajstić information content (AvgIpc) is 2.57. The van der Waals surface area contributed by atoms with E-state index in [1.165, 1.54) is 12.1 Å². The lowest BCUT2D eigenvalue weighted by atomic mass is 10.1. The van der Waals surface area contributed by atoms with Crippen LogP contribution in [0.3, 0.4) is 0 Å². The molecule has 0 radical (unpaired) electrons. The number of alkyl halides is 1. The maximum Gasteiger partial charge on any atom is 0.177 e. The van der Waals surface area contributed by atoms with Crippen molar-refractivity contribution in [2.45, 2.75) is 6.54 Å². The van der Waals surface area contributed by atoms with Crippen molar-refractivity contribution < 1.29 is 9.18 Å². The summed E-state index contributed by atoms with van der Waals surface area (Å²) in [6, 6.07) is 9.67. The molecule has 1 N–H and O–H groups in total. The Hall–Kier alpha value is -2.11. The van der Waals surface area contributed by atoms with Gasteiger partial charge in [-0.05, 0) is 42.0 Å². The quantitative estimate of drug-likeness (QED) is 0.660. The normalized spacial score (nSPS) is 12.9. The maximum absolute atomic E-state index is 13.2. The van der Waals surface area contributed by atoms with Crippen LogP contribution in [0, 0.1) is 5.82 Å². The van der Waals surface area contributed by atoms with Crippen molar-refractivity contribution in [1.29, 1.82) is 0 Å². The fraction of sp³-hybridized carbons (Fsp3) is 0.125. The van der Waals surface area contributed by atoms with E-state index in [4.69, 9.17) is 23.2 Å². The van der Waals surface area contributed by atoms with E-state index in [1.807, 2.05) is 6.07 Å². The highest BCUT2D eigenvalue weighted by atomic mass is 35.5. The molecule has 7 heteroatoms. The van der Waals surface area contributed by atoms with E-state index < -0.39 is 5.82 Å². The predicted molar refractivity (Wildman–Crippen MR) is 91.2 cm³/mol. The number of carbonyl (C=O) groups excluding carboxylic acids is 1. The molecule has 0 bridgehead atoms. The van der Waals surface area contributed by atoms with Crippen LogP contribution >= 0.6 is 23.2 Å². The molecule has 1 aliphatic heterocycles. The first-order valence-corrected chi connectivity index (χ1v) is 7.72. The number of hydrogen-bond donors (Lipinski definition) is 1. The van der Waals surface area contributed by atoms with Gasteiger partial charge in [-0.25, -0.2) is 9.40 Å². The van der Waals surface area contributed by atoms with Gasteiger partial charge in [-0.1, -0.05) is 11.6 Å². The molecule has 2 aromatic rings. The molecule has 0 aromatic heterocycles. The molecule has 4 nitrogen and oxygen atoms in total. The fourth-order valence-electron chi connectivity index (χ4n) is 2.27. The van der Waals surface area contributed by atoms with Crippen LogP contribution in [0.15, 0.2) is 41.4 Å². The molecule has 23 heavy (non-hydrogen) atoms. The molecule has 0 saturated carbocycles. The number of hydrazine groups is 1. The predicted octanol–water partition coefficient (Wildman–Crippen LogP) is 4.28. The number of nitrogens with one attached hydrogen (secondary N) is 1. The van der Waals surface area contributed by atoms with Crippen molar-refractivity contribution >= 4 is 46.7 Å². The van der Waals surface area contributed by atoms with Crippen LogP contribution in [0.2, 0.25) is 5.02 Å². The lowest BCUT2D eigenvalue weighted by Crippen LogP contribution is -2.31. The highest BCUT2D eigenvalue weighted by molar-refractivity contribution is 6.31. The molecule has 0 spiro atoms. The molecule has 0 atom stereocenters. The Balaban J connectivity index is 1.88. The zero-order valence-corrected chi connectivity index (χ0v) is 13.4. The molecule has 1 heterocycles. The second-order valence-electron chi connectivity index (χ2n) is 4.97. The number of Topliss-reactive ketones (excluding diaryl/α,β-unsaturated/α-hetero) is 1. The van der Waals surface area contributed by atoms with Crippen molar-refractivity contribution in [3.8, 4) is 0 Å². The second kappa shape index (κ2) is 6.56. The Kier molecular flexibility index (Phi) is 4.50. The minimum atomic E-state index is -0.478. The lowest BCUT2D eigenvalue weighted by molar-refractivity contribution is 0.102. The van der Waals surface area contributed by atoms with Crippen molar-refractivity contribution in [3.63, 3.8) is 0 Å². The molecule has 1 aliphatic rings. The van der Waals surface area contributed by atoms with E-state index in [0.717, 1.165) is 11.3 Å². The molecule has 118 valence electrons. The zero-order chi connectivity index (χ0) is 16.4. The molecule has 2 aromatic carbocycles. The Bertz CT molecular complexity index is 795. The van der Waals surface area contributed by atoms with Gasteiger partial charge in [0.2, 0.25) is 0 Å². The molecule has 0 unspecified atom stereocenters. The van der Waals surface area contributed by atoms with Crippen molar-refractivity contribution in [1.82, 2.24) is 0 Å². The zero-order valence-electron chi connectivity index (χ0n) is 11.9. The summed E-state index contributed by atoms with van der Waals surface area (Å²) in [7, 11) is 0. The van der Waals surface area contributed by atoms with E-state index in [0.29, 0.717) is 17.8 Å². The standard InChI is InChI=1S/C16H12Cl2FN3O/c17-7-16(23)10-1-4-15-11(5-10)8-20-9-22(15)21-12-2-3-14(19)13(18)6-12/h1-6,9,21H,7-8H2. The third-order valence-electron chi connectivity index (χ3n) is 3.41. The topological polar surface area (TPSA) is 44.7 Å². The number of hydrogen-bond acceptors (Lipinski definition) is 4. The van der Waals surface area contributed by atoms with E-state index in [1.54, 1.807) is 29.5 Å². The maximum atomic E-state index is 13.2. The third-order valence-corrected chi connectivity index (χ3v) is 3.94. The van der Waals surface area contributed by atoms with Crippen molar-refractivity contribution in [2.75, 3.05) is 16.3 Å². The average molecular weight is 352 g/mol. The molecule has 0 aliphatic carbocycles. The molecular weight excluding hydrogens is 340 g/mol. The summed E-state index contributed by atoms with van der Waals surface area (Å²) in [6.45, 7) is 0.473. The van der Waals surface area contributed by atoms with Crippen LogP contribution in [0.5, 0.6) is 0 Å². The van der Waals surface area contributed by atoms with Gasteiger partial charge in [0.1, 0.15) is 12.2 Å². The minimum Gasteiger partial charge on any atom is -0.293 e. The molecule has 3 rings (SSSR count). The number of anilines is 2. The Morgan fingerprint density at radius 3 is 2.87 bits per heavy atom. The summed E-state index contributed by atoms with van der Waals surface area (Å²) in [5.41, 5.74) is 6.01. The number of aliphatic imine (C=N–C) groups is 1. The van der Waals surface area contributed by atoms with Crippen LogP contribution in [-0.4, -0.2) is 18.0 Å². The van der Waals surface area contributed by atoms with Gasteiger partial charge >= 0.3 is 0 Å². The fourth-order valence-corrected chi connectivity index (χ4v) is 2.61. The number of ketones is 1. The molecule has 0 fully saturated rings. The monoisotopic (exact) mass is 351 g/mol. The Labute approximate surface area is 142 Å². The van der Waals surface area contributed by atoms with Gasteiger partial charge in [-0.3, -0.25) is 15.2 Å². The number of fused-ring (bicyclic) bond motifs is 1. The number of benzene rings is 2. The van der Waals surface area contributed by atoms with Crippen LogP contribution in [-0.2, 0) is 6.54 Å². The highest BCUT2D eigenvalue weighted by Gasteiger charge is 2.16. The van der Waals surface area contributed by atoms with E-state index in [2.05, 4.69) is 10.4 Å². The van der Waals surface area contributed by atoms with E-state index in [-0.39, 0.29) is 16.7 Å². The van der Waals surface area contributed by atoms with Crippen LogP contribution in [0.4, 0.5) is 15.8 Å². The SMILES string of the molecule is O=C(CCl)c1ccc2c(c1)CN=CN2Nc1ccc(F)c(Cl)c1. The number of halogens is 3. The minimum absolute atomic E-state index is 0.0345. The largest absolute Gasteiger partial charge is 0.293 e. The van der Waals surface area contributed by atoms with Gasteiger partial charge in [0.15, 0.2) is 5.78 Å². The summed E-state index contributed by atoms with van der Waals surface area (Å²) in [5.74, 6) is -0.666. The molecular formula is C16H12Cl2FN3O. The van der Waals surface area contributed by atoms with Crippen LogP contribution in [0.1, 0.15) is 15.9 Å². The lowest BCUT2D eigenvalue weighted by Gasteiger charge is -2.27. The van der Waals surface area contributed by atoms with Gasteiger partial charge in [0, 0.05) is 5.56 Å². The van der Waals surface area contributed by atoms with Crippen molar-refractivity contribution in [2.24, 2.45) is 4.99 Å². The summed E-state index contributed by atoms with van der Waals surface area (Å²) in [5, 5.41) is 1.73. The van der Waals surface area contributed by atoms with Crippen LogP contribution in [0.25, 0.3) is 0 Å². The van der Waals surface area contributed by atoms with Gasteiger partial charge in [0.25, 0.3) is 0 Å². The first-order valence-electron chi connectivity index (χ1n) is 6.81.